The van der Waals surface area contributed by atoms with E-state index in [1.54, 1.807) is 12.1 Å². The lowest BCUT2D eigenvalue weighted by Crippen LogP contribution is -2.06. The van der Waals surface area contributed by atoms with Gasteiger partial charge in [0, 0.05) is 12.1 Å². The molecule has 0 heterocycles. The fourth-order valence-electron chi connectivity index (χ4n) is 2.14. The first-order valence-corrected chi connectivity index (χ1v) is 6.76. The van der Waals surface area contributed by atoms with Crippen molar-refractivity contribution in [2.24, 2.45) is 5.73 Å². The maximum Gasteiger partial charge on any atom is 0.269 e. The first kappa shape index (κ1) is 15.0. The van der Waals surface area contributed by atoms with Crippen LogP contribution in [0.1, 0.15) is 16.7 Å². The van der Waals surface area contributed by atoms with Crippen molar-refractivity contribution in [3.8, 4) is 5.75 Å². The summed E-state index contributed by atoms with van der Waals surface area (Å²) in [6.07, 6.45) is 0.761. The highest BCUT2D eigenvalue weighted by Gasteiger charge is 2.08. The van der Waals surface area contributed by atoms with Crippen LogP contribution < -0.4 is 10.5 Å². The van der Waals surface area contributed by atoms with Gasteiger partial charge in [0.2, 0.25) is 0 Å². The van der Waals surface area contributed by atoms with E-state index in [1.807, 2.05) is 25.1 Å². The highest BCUT2D eigenvalue weighted by atomic mass is 16.6. The molecule has 0 aliphatic rings. The summed E-state index contributed by atoms with van der Waals surface area (Å²) in [6.45, 7) is 2.93. The Morgan fingerprint density at radius 3 is 2.52 bits per heavy atom. The number of nitrogens with zero attached hydrogens (tertiary/aromatic N) is 1. The standard InChI is InChI=1S/C16H18N2O3/c1-12-3-2-4-14(9-10-17)16(12)21-11-13-5-7-15(8-6-13)18(19)20/h2-8H,9-11,17H2,1H3. The van der Waals surface area contributed by atoms with Crippen molar-refractivity contribution >= 4 is 5.69 Å². The number of para-hydroxylation sites is 1. The lowest BCUT2D eigenvalue weighted by Gasteiger charge is -2.13. The molecule has 0 aromatic heterocycles. The summed E-state index contributed by atoms with van der Waals surface area (Å²) >= 11 is 0. The van der Waals surface area contributed by atoms with E-state index in [-0.39, 0.29) is 5.69 Å². The zero-order valence-corrected chi connectivity index (χ0v) is 11.9. The lowest BCUT2D eigenvalue weighted by atomic mass is 10.1. The van der Waals surface area contributed by atoms with Crippen molar-refractivity contribution in [2.45, 2.75) is 20.0 Å². The number of benzene rings is 2. The molecule has 0 saturated heterocycles. The normalized spacial score (nSPS) is 10.4. The Morgan fingerprint density at radius 2 is 1.90 bits per heavy atom. The minimum Gasteiger partial charge on any atom is -0.488 e. The van der Waals surface area contributed by atoms with Gasteiger partial charge in [-0.15, -0.1) is 0 Å². The van der Waals surface area contributed by atoms with Gasteiger partial charge in [0.1, 0.15) is 12.4 Å². The van der Waals surface area contributed by atoms with Gasteiger partial charge in [0.15, 0.2) is 0 Å². The fraction of sp³-hybridized carbons (Fsp3) is 0.250. The van der Waals surface area contributed by atoms with Crippen LogP contribution in [0, 0.1) is 17.0 Å². The van der Waals surface area contributed by atoms with Gasteiger partial charge in [-0.1, -0.05) is 18.2 Å². The summed E-state index contributed by atoms with van der Waals surface area (Å²) < 4.78 is 5.88. The maximum absolute atomic E-state index is 10.6. The fourth-order valence-corrected chi connectivity index (χ4v) is 2.14. The highest BCUT2D eigenvalue weighted by Crippen LogP contribution is 2.25. The molecule has 21 heavy (non-hydrogen) atoms. The van der Waals surface area contributed by atoms with E-state index < -0.39 is 4.92 Å². The van der Waals surface area contributed by atoms with Gasteiger partial charge in [-0.2, -0.15) is 0 Å². The first-order valence-electron chi connectivity index (χ1n) is 6.76. The van der Waals surface area contributed by atoms with Crippen molar-refractivity contribution in [3.63, 3.8) is 0 Å². The number of hydrogen-bond acceptors (Lipinski definition) is 4. The molecule has 2 rings (SSSR count). The third kappa shape index (κ3) is 3.79. The number of hydrogen-bond donors (Lipinski definition) is 1. The van der Waals surface area contributed by atoms with E-state index in [0.29, 0.717) is 13.2 Å². The van der Waals surface area contributed by atoms with Gasteiger partial charge in [-0.25, -0.2) is 0 Å². The molecule has 0 spiro atoms. The van der Waals surface area contributed by atoms with Crippen LogP contribution in [0.15, 0.2) is 42.5 Å². The molecular formula is C16H18N2O3. The average Bonchev–Trinajstić information content (AvgIpc) is 2.47. The molecule has 5 heteroatoms. The Kier molecular flexibility index (Phi) is 4.90. The van der Waals surface area contributed by atoms with Gasteiger partial charge < -0.3 is 10.5 Å². The zero-order valence-electron chi connectivity index (χ0n) is 11.9. The first-order chi connectivity index (χ1) is 10.1. The van der Waals surface area contributed by atoms with Crippen LogP contribution in [0.5, 0.6) is 5.75 Å². The minimum atomic E-state index is -0.411. The third-order valence-corrected chi connectivity index (χ3v) is 3.24. The van der Waals surface area contributed by atoms with Crippen LogP contribution >= 0.6 is 0 Å². The molecule has 0 fully saturated rings. The number of non-ortho nitro benzene ring substituents is 1. The number of aryl methyl sites for hydroxylation is 1. The van der Waals surface area contributed by atoms with Crippen LogP contribution in [-0.4, -0.2) is 11.5 Å². The smallest absolute Gasteiger partial charge is 0.269 e. The predicted molar refractivity (Wildman–Crippen MR) is 81.4 cm³/mol. The second-order valence-corrected chi connectivity index (χ2v) is 4.81. The molecule has 0 atom stereocenters. The van der Waals surface area contributed by atoms with Crippen LogP contribution in [0.3, 0.4) is 0 Å². The lowest BCUT2D eigenvalue weighted by molar-refractivity contribution is -0.384. The van der Waals surface area contributed by atoms with E-state index in [0.717, 1.165) is 28.9 Å². The van der Waals surface area contributed by atoms with Crippen molar-refractivity contribution in [3.05, 3.63) is 69.3 Å². The molecule has 2 aromatic rings. The van der Waals surface area contributed by atoms with E-state index in [2.05, 4.69) is 0 Å². The van der Waals surface area contributed by atoms with E-state index in [9.17, 15) is 10.1 Å². The topological polar surface area (TPSA) is 78.4 Å². The second-order valence-electron chi connectivity index (χ2n) is 4.81. The quantitative estimate of drug-likeness (QED) is 0.654. The van der Waals surface area contributed by atoms with Gasteiger partial charge in [0.25, 0.3) is 5.69 Å². The molecule has 0 saturated carbocycles. The molecule has 0 amide bonds. The minimum absolute atomic E-state index is 0.0819. The largest absolute Gasteiger partial charge is 0.488 e. The summed E-state index contributed by atoms with van der Waals surface area (Å²) in [5, 5.41) is 10.6. The van der Waals surface area contributed by atoms with Gasteiger partial charge >= 0.3 is 0 Å². The maximum atomic E-state index is 10.6. The summed E-state index contributed by atoms with van der Waals surface area (Å²) in [4.78, 5) is 10.2. The van der Waals surface area contributed by atoms with Gasteiger partial charge in [-0.3, -0.25) is 10.1 Å². The van der Waals surface area contributed by atoms with E-state index in [1.165, 1.54) is 12.1 Å². The van der Waals surface area contributed by atoms with Crippen molar-refractivity contribution in [1.82, 2.24) is 0 Å². The monoisotopic (exact) mass is 286 g/mol. The summed E-state index contributed by atoms with van der Waals surface area (Å²) in [5.74, 6) is 0.848. The Bertz CT molecular complexity index is 624. The summed E-state index contributed by atoms with van der Waals surface area (Å²) in [5.41, 5.74) is 8.73. The summed E-state index contributed by atoms with van der Waals surface area (Å²) in [6, 6.07) is 12.4. The van der Waals surface area contributed by atoms with E-state index in [4.69, 9.17) is 10.5 Å². The predicted octanol–water partition coefficient (Wildman–Crippen LogP) is 2.98. The molecule has 0 bridgehead atoms. The third-order valence-electron chi connectivity index (χ3n) is 3.24. The Labute approximate surface area is 123 Å². The molecule has 0 unspecified atom stereocenters. The summed E-state index contributed by atoms with van der Waals surface area (Å²) in [7, 11) is 0. The molecule has 5 nitrogen and oxygen atoms in total. The van der Waals surface area contributed by atoms with Crippen LogP contribution in [0.25, 0.3) is 0 Å². The molecule has 0 aliphatic heterocycles. The van der Waals surface area contributed by atoms with Gasteiger partial charge in [-0.05, 0) is 48.7 Å². The molecular weight excluding hydrogens is 268 g/mol. The molecule has 0 aliphatic carbocycles. The molecule has 0 radical (unpaired) electrons. The zero-order chi connectivity index (χ0) is 15.2. The number of ether oxygens (including phenoxy) is 1. The number of nitro benzene ring substituents is 1. The van der Waals surface area contributed by atoms with Crippen molar-refractivity contribution in [1.29, 1.82) is 0 Å². The number of nitro groups is 1. The van der Waals surface area contributed by atoms with Crippen molar-refractivity contribution in [2.75, 3.05) is 6.54 Å². The van der Waals surface area contributed by atoms with Crippen LogP contribution in [-0.2, 0) is 13.0 Å². The number of nitrogens with two attached hydrogens (primary N) is 1. The highest BCUT2D eigenvalue weighted by molar-refractivity contribution is 5.41. The van der Waals surface area contributed by atoms with Crippen molar-refractivity contribution < 1.29 is 9.66 Å². The van der Waals surface area contributed by atoms with E-state index >= 15 is 0 Å². The average molecular weight is 286 g/mol. The van der Waals surface area contributed by atoms with Crippen LogP contribution in [0.4, 0.5) is 5.69 Å². The van der Waals surface area contributed by atoms with Crippen LogP contribution in [0.2, 0.25) is 0 Å². The second kappa shape index (κ2) is 6.85. The van der Waals surface area contributed by atoms with Gasteiger partial charge in [0.05, 0.1) is 4.92 Å². The Morgan fingerprint density at radius 1 is 1.19 bits per heavy atom. The molecule has 110 valence electrons. The molecule has 2 N–H and O–H groups in total. The molecule has 2 aromatic carbocycles. The SMILES string of the molecule is Cc1cccc(CCN)c1OCc1ccc([N+](=O)[O-])cc1. The number of rotatable bonds is 6. The Hall–Kier alpha value is -2.40. The Balaban J connectivity index is 2.10.